The molecule has 156 valence electrons. The standard InChI is InChI=1S/C23H23NO6/c1-13-7-5-8-14(11-13)15-9-6-10-16-19(26)18(22(28)29-20(15)16)21(27)24-12-17(25)30-23(2,3)4/h5-11,26H,12H2,1-4H3,(H,24,27). The van der Waals surface area contributed by atoms with Crippen molar-refractivity contribution in [2.24, 2.45) is 0 Å². The van der Waals surface area contributed by atoms with E-state index in [0.717, 1.165) is 11.1 Å². The molecule has 0 saturated heterocycles. The Morgan fingerprint density at radius 3 is 2.50 bits per heavy atom. The molecule has 1 heterocycles. The lowest BCUT2D eigenvalue weighted by Crippen LogP contribution is -2.36. The number of fused-ring (bicyclic) bond motifs is 1. The van der Waals surface area contributed by atoms with Crippen LogP contribution in [0.3, 0.4) is 0 Å². The van der Waals surface area contributed by atoms with Crippen LogP contribution >= 0.6 is 0 Å². The van der Waals surface area contributed by atoms with Crippen LogP contribution in [0.5, 0.6) is 5.75 Å². The zero-order valence-corrected chi connectivity index (χ0v) is 17.2. The van der Waals surface area contributed by atoms with Gasteiger partial charge in [0.25, 0.3) is 5.91 Å². The van der Waals surface area contributed by atoms with Crippen LogP contribution in [0.1, 0.15) is 36.7 Å². The normalized spacial score (nSPS) is 11.3. The van der Waals surface area contributed by atoms with Crippen LogP contribution in [-0.2, 0) is 9.53 Å². The third-order valence-corrected chi connectivity index (χ3v) is 4.28. The molecule has 3 aromatic rings. The molecule has 7 nitrogen and oxygen atoms in total. The lowest BCUT2D eigenvalue weighted by atomic mass is 10.00. The number of rotatable bonds is 4. The Balaban J connectivity index is 1.97. The molecule has 7 heteroatoms. The average Bonchev–Trinajstić information content (AvgIpc) is 2.64. The number of aromatic hydroxyl groups is 1. The van der Waals surface area contributed by atoms with Gasteiger partial charge in [-0.1, -0.05) is 42.0 Å². The Labute approximate surface area is 173 Å². The van der Waals surface area contributed by atoms with E-state index in [1.165, 1.54) is 0 Å². The number of hydrogen-bond donors (Lipinski definition) is 2. The number of nitrogens with one attached hydrogen (secondary N) is 1. The largest absolute Gasteiger partial charge is 0.506 e. The van der Waals surface area contributed by atoms with E-state index >= 15 is 0 Å². The van der Waals surface area contributed by atoms with Gasteiger partial charge in [-0.2, -0.15) is 0 Å². The summed E-state index contributed by atoms with van der Waals surface area (Å²) in [6, 6.07) is 12.6. The molecule has 0 aliphatic carbocycles. The topological polar surface area (TPSA) is 106 Å². The predicted octanol–water partition coefficient (Wildman–Crippen LogP) is 3.55. The SMILES string of the molecule is Cc1cccc(-c2cccc3c(O)c(C(=O)NCC(=O)OC(C)(C)C)c(=O)oc23)c1. The van der Waals surface area contributed by atoms with Gasteiger partial charge in [0.15, 0.2) is 5.56 Å². The minimum Gasteiger partial charge on any atom is -0.506 e. The molecule has 0 aliphatic rings. The second-order valence-electron chi connectivity index (χ2n) is 7.93. The Bertz CT molecular complexity index is 1190. The number of hydrogen-bond acceptors (Lipinski definition) is 6. The van der Waals surface area contributed by atoms with Gasteiger partial charge in [-0.3, -0.25) is 9.59 Å². The Morgan fingerprint density at radius 1 is 1.13 bits per heavy atom. The van der Waals surface area contributed by atoms with Crippen molar-refractivity contribution >= 4 is 22.8 Å². The second-order valence-corrected chi connectivity index (χ2v) is 7.93. The highest BCUT2D eigenvalue weighted by Gasteiger charge is 2.24. The van der Waals surface area contributed by atoms with E-state index in [0.29, 0.717) is 5.56 Å². The first kappa shape index (κ1) is 21.1. The second kappa shape index (κ2) is 8.02. The molecule has 0 aliphatic heterocycles. The summed E-state index contributed by atoms with van der Waals surface area (Å²) in [5.74, 6) is -2.09. The van der Waals surface area contributed by atoms with E-state index in [9.17, 15) is 19.5 Å². The van der Waals surface area contributed by atoms with Crippen molar-refractivity contribution in [1.82, 2.24) is 5.32 Å². The number of aryl methyl sites for hydroxylation is 1. The highest BCUT2D eigenvalue weighted by molar-refractivity contribution is 6.04. The van der Waals surface area contributed by atoms with Crippen LogP contribution in [-0.4, -0.2) is 29.1 Å². The molecular formula is C23H23NO6. The summed E-state index contributed by atoms with van der Waals surface area (Å²) in [7, 11) is 0. The van der Waals surface area contributed by atoms with Gasteiger partial charge in [0.2, 0.25) is 0 Å². The van der Waals surface area contributed by atoms with E-state index < -0.39 is 41.0 Å². The fraction of sp³-hybridized carbons (Fsp3) is 0.261. The predicted molar refractivity (Wildman–Crippen MR) is 113 cm³/mol. The maximum absolute atomic E-state index is 12.5. The molecule has 2 aromatic carbocycles. The summed E-state index contributed by atoms with van der Waals surface area (Å²) in [5, 5.41) is 13.1. The van der Waals surface area contributed by atoms with Crippen molar-refractivity contribution in [1.29, 1.82) is 0 Å². The van der Waals surface area contributed by atoms with Gasteiger partial charge in [-0.15, -0.1) is 0 Å². The van der Waals surface area contributed by atoms with Crippen LogP contribution in [0.2, 0.25) is 0 Å². The molecule has 0 bridgehead atoms. The van der Waals surface area contributed by atoms with Gasteiger partial charge in [0.1, 0.15) is 23.5 Å². The lowest BCUT2D eigenvalue weighted by molar-refractivity contribution is -0.153. The number of benzene rings is 2. The van der Waals surface area contributed by atoms with E-state index in [2.05, 4.69) is 5.32 Å². The highest BCUT2D eigenvalue weighted by Crippen LogP contribution is 2.33. The quantitative estimate of drug-likeness (QED) is 0.504. The summed E-state index contributed by atoms with van der Waals surface area (Å²) in [4.78, 5) is 36.8. The summed E-state index contributed by atoms with van der Waals surface area (Å²) in [6.07, 6.45) is 0. The van der Waals surface area contributed by atoms with Crippen molar-refractivity contribution in [3.8, 4) is 16.9 Å². The molecule has 1 amide bonds. The minimum absolute atomic E-state index is 0.175. The van der Waals surface area contributed by atoms with Crippen LogP contribution in [0, 0.1) is 6.92 Å². The Hall–Kier alpha value is -3.61. The zero-order chi connectivity index (χ0) is 22.1. The fourth-order valence-corrected chi connectivity index (χ4v) is 3.07. The monoisotopic (exact) mass is 409 g/mol. The van der Waals surface area contributed by atoms with Crippen molar-refractivity contribution in [3.63, 3.8) is 0 Å². The van der Waals surface area contributed by atoms with Gasteiger partial charge < -0.3 is 19.6 Å². The number of esters is 1. The minimum atomic E-state index is -0.998. The molecule has 0 spiro atoms. The smallest absolute Gasteiger partial charge is 0.353 e. The molecule has 3 rings (SSSR count). The summed E-state index contributed by atoms with van der Waals surface area (Å²) in [5.41, 5.74) is 0.352. The maximum Gasteiger partial charge on any atom is 0.353 e. The molecule has 0 fully saturated rings. The number of para-hydroxylation sites is 1. The van der Waals surface area contributed by atoms with Crippen LogP contribution < -0.4 is 10.9 Å². The van der Waals surface area contributed by atoms with Gasteiger partial charge in [0.05, 0.1) is 5.39 Å². The molecule has 0 saturated carbocycles. The van der Waals surface area contributed by atoms with Crippen molar-refractivity contribution in [2.45, 2.75) is 33.3 Å². The van der Waals surface area contributed by atoms with Gasteiger partial charge in [-0.25, -0.2) is 4.79 Å². The van der Waals surface area contributed by atoms with Gasteiger partial charge in [-0.05, 0) is 39.3 Å². The van der Waals surface area contributed by atoms with Crippen molar-refractivity contribution < 1.29 is 23.8 Å². The number of amides is 1. The number of ether oxygens (including phenoxy) is 1. The molecule has 0 atom stereocenters. The molecular weight excluding hydrogens is 386 g/mol. The molecule has 0 radical (unpaired) electrons. The first-order valence-corrected chi connectivity index (χ1v) is 9.42. The van der Waals surface area contributed by atoms with E-state index in [1.54, 1.807) is 39.0 Å². The Morgan fingerprint density at radius 2 is 1.83 bits per heavy atom. The Kier molecular flexibility index (Phi) is 5.64. The van der Waals surface area contributed by atoms with E-state index in [4.69, 9.17) is 9.15 Å². The number of carbonyl (C=O) groups is 2. The third-order valence-electron chi connectivity index (χ3n) is 4.28. The lowest BCUT2D eigenvalue weighted by Gasteiger charge is -2.19. The fourth-order valence-electron chi connectivity index (χ4n) is 3.07. The van der Waals surface area contributed by atoms with Crippen LogP contribution in [0.4, 0.5) is 0 Å². The number of carbonyl (C=O) groups excluding carboxylic acids is 2. The first-order valence-electron chi connectivity index (χ1n) is 9.42. The molecule has 2 N–H and O–H groups in total. The maximum atomic E-state index is 12.5. The summed E-state index contributed by atoms with van der Waals surface area (Å²) >= 11 is 0. The van der Waals surface area contributed by atoms with E-state index in [1.807, 2.05) is 31.2 Å². The summed E-state index contributed by atoms with van der Waals surface area (Å²) < 4.78 is 10.5. The first-order chi connectivity index (χ1) is 14.1. The molecule has 0 unspecified atom stereocenters. The van der Waals surface area contributed by atoms with E-state index in [-0.39, 0.29) is 11.0 Å². The molecule has 1 aromatic heterocycles. The van der Waals surface area contributed by atoms with Gasteiger partial charge in [0, 0.05) is 5.56 Å². The molecule has 30 heavy (non-hydrogen) atoms. The highest BCUT2D eigenvalue weighted by atomic mass is 16.6. The van der Waals surface area contributed by atoms with Crippen LogP contribution in [0.15, 0.2) is 51.7 Å². The van der Waals surface area contributed by atoms with Crippen molar-refractivity contribution in [3.05, 3.63) is 64.0 Å². The zero-order valence-electron chi connectivity index (χ0n) is 17.2. The third kappa shape index (κ3) is 4.51. The van der Waals surface area contributed by atoms with Gasteiger partial charge >= 0.3 is 11.6 Å². The van der Waals surface area contributed by atoms with Crippen molar-refractivity contribution in [2.75, 3.05) is 6.54 Å². The summed E-state index contributed by atoms with van der Waals surface area (Å²) in [6.45, 7) is 6.58. The van der Waals surface area contributed by atoms with Crippen LogP contribution in [0.25, 0.3) is 22.1 Å². The average molecular weight is 409 g/mol.